The molecule has 1 saturated heterocycles. The van der Waals surface area contributed by atoms with Crippen LogP contribution < -0.4 is 0 Å². The van der Waals surface area contributed by atoms with E-state index in [9.17, 15) is 0 Å². The fourth-order valence-corrected chi connectivity index (χ4v) is 2.84. The molecule has 3 nitrogen and oxygen atoms in total. The fourth-order valence-electron chi connectivity index (χ4n) is 2.84. The highest BCUT2D eigenvalue weighted by atomic mass is 15.2. The maximum atomic E-state index is 4.15. The molecule has 0 bridgehead atoms. The first-order valence-electron chi connectivity index (χ1n) is 7.49. The molecule has 19 heavy (non-hydrogen) atoms. The van der Waals surface area contributed by atoms with E-state index < -0.39 is 0 Å². The van der Waals surface area contributed by atoms with E-state index >= 15 is 0 Å². The van der Waals surface area contributed by atoms with Crippen molar-refractivity contribution in [2.75, 3.05) is 26.7 Å². The number of nitrogens with zero attached hydrogens (tertiary/aromatic N) is 3. The Labute approximate surface area is 117 Å². The van der Waals surface area contributed by atoms with Crippen molar-refractivity contribution in [3.05, 3.63) is 29.6 Å². The van der Waals surface area contributed by atoms with E-state index in [2.05, 4.69) is 41.7 Å². The average molecular weight is 261 g/mol. The molecule has 3 heteroatoms. The van der Waals surface area contributed by atoms with Crippen LogP contribution in [0.1, 0.15) is 37.3 Å². The lowest BCUT2D eigenvalue weighted by Gasteiger charge is -2.34. The predicted molar refractivity (Wildman–Crippen MR) is 80.2 cm³/mol. The molecule has 0 spiro atoms. The zero-order valence-corrected chi connectivity index (χ0v) is 12.6. The Morgan fingerprint density at radius 3 is 3.00 bits per heavy atom. The summed E-state index contributed by atoms with van der Waals surface area (Å²) in [5.41, 5.74) is 2.69. The van der Waals surface area contributed by atoms with Gasteiger partial charge in [0, 0.05) is 38.1 Å². The average Bonchev–Trinajstić information content (AvgIpc) is 2.40. The normalized spacial score (nSPS) is 20.9. The van der Waals surface area contributed by atoms with Crippen molar-refractivity contribution in [2.24, 2.45) is 0 Å². The van der Waals surface area contributed by atoms with Crippen LogP contribution in [0.15, 0.2) is 18.5 Å². The van der Waals surface area contributed by atoms with E-state index in [1.165, 1.54) is 43.5 Å². The van der Waals surface area contributed by atoms with Gasteiger partial charge in [-0.15, -0.1) is 0 Å². The molecule has 1 atom stereocenters. The van der Waals surface area contributed by atoms with Gasteiger partial charge in [-0.3, -0.25) is 9.88 Å². The summed E-state index contributed by atoms with van der Waals surface area (Å²) >= 11 is 0. The number of aryl methyl sites for hydroxylation is 1. The van der Waals surface area contributed by atoms with Gasteiger partial charge in [-0.2, -0.15) is 0 Å². The Hall–Kier alpha value is -0.930. The van der Waals surface area contributed by atoms with Crippen LogP contribution in [0.3, 0.4) is 0 Å². The van der Waals surface area contributed by atoms with E-state index in [-0.39, 0.29) is 0 Å². The summed E-state index contributed by atoms with van der Waals surface area (Å²) in [7, 11) is 2.22. The number of pyridine rings is 1. The van der Waals surface area contributed by atoms with Gasteiger partial charge in [0.05, 0.1) is 0 Å². The Morgan fingerprint density at radius 1 is 1.42 bits per heavy atom. The topological polar surface area (TPSA) is 19.4 Å². The molecule has 1 fully saturated rings. The van der Waals surface area contributed by atoms with Crippen molar-refractivity contribution in [3.8, 4) is 0 Å². The second-order valence-electron chi connectivity index (χ2n) is 5.92. The van der Waals surface area contributed by atoms with Crippen molar-refractivity contribution in [3.63, 3.8) is 0 Å². The summed E-state index contributed by atoms with van der Waals surface area (Å²) in [6.45, 7) is 9.16. The summed E-state index contributed by atoms with van der Waals surface area (Å²) in [5.74, 6) is 0. The van der Waals surface area contributed by atoms with Crippen LogP contribution in [-0.2, 0) is 6.54 Å². The number of likely N-dealkylation sites (N-methyl/N-ethyl adjacent to an activating group) is 1. The van der Waals surface area contributed by atoms with E-state index in [0.29, 0.717) is 0 Å². The van der Waals surface area contributed by atoms with Gasteiger partial charge in [0.25, 0.3) is 0 Å². The first-order valence-corrected chi connectivity index (χ1v) is 7.49. The van der Waals surface area contributed by atoms with Crippen molar-refractivity contribution in [1.29, 1.82) is 0 Å². The third-order valence-corrected chi connectivity index (χ3v) is 4.29. The summed E-state index contributed by atoms with van der Waals surface area (Å²) in [5, 5.41) is 0. The summed E-state index contributed by atoms with van der Waals surface area (Å²) < 4.78 is 0. The third kappa shape index (κ3) is 4.29. The minimum absolute atomic E-state index is 0.768. The van der Waals surface area contributed by atoms with Crippen LogP contribution in [-0.4, -0.2) is 47.5 Å². The van der Waals surface area contributed by atoms with Crippen LogP contribution in [0.4, 0.5) is 0 Å². The standard InChI is InChI=1S/C16H27N3/c1-14-12-17-8-7-16(14)13-18(3)10-11-19-9-5-4-6-15(19)2/h7-8,12,15H,4-6,9-11,13H2,1-3H3/t15-/m1/s1. The summed E-state index contributed by atoms with van der Waals surface area (Å²) in [6, 6.07) is 2.90. The molecule has 0 aliphatic carbocycles. The second kappa shape index (κ2) is 7.01. The smallest absolute Gasteiger partial charge is 0.0300 e. The lowest BCUT2D eigenvalue weighted by molar-refractivity contribution is 0.141. The zero-order chi connectivity index (χ0) is 13.7. The molecule has 0 radical (unpaired) electrons. The summed E-state index contributed by atoms with van der Waals surface area (Å²) in [6.07, 6.45) is 7.99. The van der Waals surface area contributed by atoms with E-state index in [4.69, 9.17) is 0 Å². The van der Waals surface area contributed by atoms with Crippen molar-refractivity contribution in [1.82, 2.24) is 14.8 Å². The maximum Gasteiger partial charge on any atom is 0.0300 e. The molecule has 0 unspecified atom stereocenters. The third-order valence-electron chi connectivity index (χ3n) is 4.29. The minimum Gasteiger partial charge on any atom is -0.301 e. The maximum absolute atomic E-state index is 4.15. The van der Waals surface area contributed by atoms with E-state index in [1.54, 1.807) is 0 Å². The van der Waals surface area contributed by atoms with Crippen LogP contribution in [0.5, 0.6) is 0 Å². The lowest BCUT2D eigenvalue weighted by atomic mass is 10.0. The number of rotatable bonds is 5. The fraction of sp³-hybridized carbons (Fsp3) is 0.688. The van der Waals surface area contributed by atoms with Gasteiger partial charge in [-0.25, -0.2) is 0 Å². The van der Waals surface area contributed by atoms with Crippen LogP contribution in [0.2, 0.25) is 0 Å². The van der Waals surface area contributed by atoms with Gasteiger partial charge in [0.1, 0.15) is 0 Å². The molecule has 0 aromatic carbocycles. The SMILES string of the molecule is Cc1cnccc1CN(C)CCN1CCCC[C@H]1C. The molecule has 1 aliphatic rings. The Morgan fingerprint density at radius 2 is 2.26 bits per heavy atom. The van der Waals surface area contributed by atoms with Crippen molar-refractivity contribution >= 4 is 0 Å². The van der Waals surface area contributed by atoms with Gasteiger partial charge < -0.3 is 4.90 Å². The van der Waals surface area contributed by atoms with Crippen LogP contribution >= 0.6 is 0 Å². The Kier molecular flexibility index (Phi) is 5.34. The van der Waals surface area contributed by atoms with Gasteiger partial charge in [0.15, 0.2) is 0 Å². The molecular weight excluding hydrogens is 234 g/mol. The van der Waals surface area contributed by atoms with Gasteiger partial charge in [-0.1, -0.05) is 6.42 Å². The molecule has 106 valence electrons. The molecule has 0 N–H and O–H groups in total. The van der Waals surface area contributed by atoms with E-state index in [1.807, 2.05) is 12.4 Å². The highest BCUT2D eigenvalue weighted by Crippen LogP contribution is 2.16. The minimum atomic E-state index is 0.768. The quantitative estimate of drug-likeness (QED) is 0.812. The highest BCUT2D eigenvalue weighted by Gasteiger charge is 2.17. The molecule has 1 aromatic heterocycles. The molecule has 1 aliphatic heterocycles. The molecule has 1 aromatic rings. The van der Waals surface area contributed by atoms with Crippen LogP contribution in [0.25, 0.3) is 0 Å². The predicted octanol–water partition coefficient (Wildman–Crippen LogP) is 2.70. The van der Waals surface area contributed by atoms with Crippen LogP contribution in [0, 0.1) is 6.92 Å². The molecule has 2 heterocycles. The highest BCUT2D eigenvalue weighted by molar-refractivity contribution is 5.21. The Balaban J connectivity index is 1.78. The zero-order valence-electron chi connectivity index (χ0n) is 12.6. The number of hydrogen-bond donors (Lipinski definition) is 0. The van der Waals surface area contributed by atoms with Gasteiger partial charge in [-0.05, 0) is 57.5 Å². The van der Waals surface area contributed by atoms with E-state index in [0.717, 1.165) is 19.1 Å². The Bertz CT molecular complexity index is 391. The number of aromatic nitrogens is 1. The monoisotopic (exact) mass is 261 g/mol. The molecule has 0 saturated carbocycles. The summed E-state index contributed by atoms with van der Waals surface area (Å²) in [4.78, 5) is 9.21. The number of likely N-dealkylation sites (tertiary alicyclic amines) is 1. The molecule has 0 amide bonds. The largest absolute Gasteiger partial charge is 0.301 e. The van der Waals surface area contributed by atoms with Crippen molar-refractivity contribution in [2.45, 2.75) is 45.7 Å². The van der Waals surface area contributed by atoms with Gasteiger partial charge in [0.2, 0.25) is 0 Å². The lowest BCUT2D eigenvalue weighted by Crippen LogP contribution is -2.41. The number of piperidine rings is 1. The first-order chi connectivity index (χ1) is 9.16. The molecule has 2 rings (SSSR count). The second-order valence-corrected chi connectivity index (χ2v) is 5.92. The number of hydrogen-bond acceptors (Lipinski definition) is 3. The first kappa shape index (κ1) is 14.5. The van der Waals surface area contributed by atoms with Crippen molar-refractivity contribution < 1.29 is 0 Å². The van der Waals surface area contributed by atoms with Gasteiger partial charge >= 0.3 is 0 Å². The molecular formula is C16H27N3.